The Kier molecular flexibility index (Phi) is 10.5. The van der Waals surface area contributed by atoms with E-state index in [9.17, 15) is 4.79 Å². The number of para-hydroxylation sites is 1. The lowest BCUT2D eigenvalue weighted by Crippen LogP contribution is -2.49. The van der Waals surface area contributed by atoms with E-state index in [1.54, 1.807) is 25.1 Å². The van der Waals surface area contributed by atoms with Crippen molar-refractivity contribution in [2.75, 3.05) is 32.5 Å². The van der Waals surface area contributed by atoms with Gasteiger partial charge in [0.05, 0.1) is 24.6 Å². The van der Waals surface area contributed by atoms with Crippen molar-refractivity contribution in [3.8, 4) is 5.75 Å². The van der Waals surface area contributed by atoms with Crippen LogP contribution in [0, 0.1) is 0 Å². The first-order valence-corrected chi connectivity index (χ1v) is 9.56. The molecule has 1 atom stereocenters. The summed E-state index contributed by atoms with van der Waals surface area (Å²) in [7, 11) is 1.67. The average Bonchev–Trinajstić information content (AvgIpc) is 2.68. The van der Waals surface area contributed by atoms with E-state index < -0.39 is 0 Å². The van der Waals surface area contributed by atoms with E-state index >= 15 is 0 Å². The van der Waals surface area contributed by atoms with Crippen LogP contribution < -0.4 is 10.1 Å². The number of halogens is 2. The third-order valence-corrected chi connectivity index (χ3v) is 5.21. The van der Waals surface area contributed by atoms with Crippen LogP contribution in [0.4, 0.5) is 0 Å². The molecule has 148 valence electrons. The van der Waals surface area contributed by atoms with Crippen LogP contribution in [0.15, 0.2) is 48.7 Å². The fourth-order valence-electron chi connectivity index (χ4n) is 3.03. The zero-order valence-corrected chi connectivity index (χ0v) is 17.6. The summed E-state index contributed by atoms with van der Waals surface area (Å²) in [6, 6.07) is 13.8. The van der Waals surface area contributed by atoms with Crippen LogP contribution in [0.25, 0.3) is 0 Å². The van der Waals surface area contributed by atoms with Gasteiger partial charge in [-0.25, -0.2) is 0 Å². The van der Waals surface area contributed by atoms with Crippen molar-refractivity contribution in [3.05, 3.63) is 59.9 Å². The summed E-state index contributed by atoms with van der Waals surface area (Å²) in [6.07, 6.45) is 1.78. The summed E-state index contributed by atoms with van der Waals surface area (Å²) in [5.74, 6) is 2.20. The predicted molar refractivity (Wildman–Crippen MR) is 115 cm³/mol. The van der Waals surface area contributed by atoms with Gasteiger partial charge >= 0.3 is 0 Å². The fourth-order valence-corrected chi connectivity index (χ4v) is 3.85. The SMILES string of the molecule is COc1ccccc1C1CNCCN1C(=O)CSCc1ccccn1.Cl.Cl. The second-order valence-corrected chi connectivity index (χ2v) is 6.85. The average molecular weight is 430 g/mol. The van der Waals surface area contributed by atoms with E-state index in [1.807, 2.05) is 47.4 Å². The molecule has 1 saturated heterocycles. The molecule has 0 radical (unpaired) electrons. The summed E-state index contributed by atoms with van der Waals surface area (Å²) in [4.78, 5) is 19.1. The standard InChI is InChI=1S/C19H23N3O2S.2ClH/c1-24-18-8-3-2-7-16(18)17-12-20-10-11-22(17)19(23)14-25-13-15-6-4-5-9-21-15;;/h2-9,17,20H,10-14H2,1H3;2*1H. The Hall–Kier alpha value is -1.47. The number of carbonyl (C=O) groups is 1. The molecule has 1 fully saturated rings. The topological polar surface area (TPSA) is 54.5 Å². The van der Waals surface area contributed by atoms with Gasteiger partial charge in [0.15, 0.2) is 0 Å². The van der Waals surface area contributed by atoms with E-state index in [2.05, 4.69) is 10.3 Å². The van der Waals surface area contributed by atoms with Crippen LogP contribution in [-0.2, 0) is 10.5 Å². The number of carbonyl (C=O) groups excluding carboxylic acids is 1. The number of aromatic nitrogens is 1. The molecule has 0 aliphatic carbocycles. The van der Waals surface area contributed by atoms with Crippen LogP contribution in [0.1, 0.15) is 17.3 Å². The number of hydrogen-bond donors (Lipinski definition) is 1. The predicted octanol–water partition coefficient (Wildman–Crippen LogP) is 3.34. The summed E-state index contributed by atoms with van der Waals surface area (Å²) >= 11 is 1.61. The minimum absolute atomic E-state index is 0. The lowest BCUT2D eigenvalue weighted by Gasteiger charge is -2.37. The number of pyridine rings is 1. The monoisotopic (exact) mass is 429 g/mol. The molecule has 3 rings (SSSR count). The summed E-state index contributed by atoms with van der Waals surface area (Å²) < 4.78 is 5.49. The molecule has 1 aromatic heterocycles. The van der Waals surface area contributed by atoms with E-state index in [1.165, 1.54) is 0 Å². The molecular formula is C19H25Cl2N3O2S. The normalized spacial score (nSPS) is 16.0. The van der Waals surface area contributed by atoms with Crippen molar-refractivity contribution in [2.24, 2.45) is 0 Å². The van der Waals surface area contributed by atoms with Crippen LogP contribution >= 0.6 is 36.6 Å². The number of nitrogens with one attached hydrogen (secondary N) is 1. The first-order valence-electron chi connectivity index (χ1n) is 8.40. The van der Waals surface area contributed by atoms with Crippen LogP contribution in [0.2, 0.25) is 0 Å². The van der Waals surface area contributed by atoms with E-state index in [-0.39, 0.29) is 36.8 Å². The van der Waals surface area contributed by atoms with Gasteiger partial charge < -0.3 is 15.0 Å². The number of hydrogen-bond acceptors (Lipinski definition) is 5. The van der Waals surface area contributed by atoms with Crippen molar-refractivity contribution in [1.82, 2.24) is 15.2 Å². The lowest BCUT2D eigenvalue weighted by molar-refractivity contribution is -0.131. The third-order valence-electron chi connectivity index (χ3n) is 4.26. The molecule has 2 aromatic rings. The molecule has 27 heavy (non-hydrogen) atoms. The van der Waals surface area contributed by atoms with E-state index in [4.69, 9.17) is 4.74 Å². The molecule has 8 heteroatoms. The zero-order chi connectivity index (χ0) is 17.5. The number of piperazine rings is 1. The molecular weight excluding hydrogens is 405 g/mol. The highest BCUT2D eigenvalue weighted by Gasteiger charge is 2.29. The van der Waals surface area contributed by atoms with Crippen molar-refractivity contribution >= 4 is 42.5 Å². The molecule has 1 amide bonds. The van der Waals surface area contributed by atoms with Gasteiger partial charge in [0.2, 0.25) is 5.91 Å². The van der Waals surface area contributed by atoms with Gasteiger partial charge in [0, 0.05) is 37.1 Å². The van der Waals surface area contributed by atoms with Crippen LogP contribution in [0.3, 0.4) is 0 Å². The zero-order valence-electron chi connectivity index (χ0n) is 15.2. The Bertz CT molecular complexity index is 706. The fraction of sp³-hybridized carbons (Fsp3) is 0.368. The Morgan fingerprint density at radius 2 is 2.04 bits per heavy atom. The highest BCUT2D eigenvalue weighted by Crippen LogP contribution is 2.30. The third kappa shape index (κ3) is 6.28. The quantitative estimate of drug-likeness (QED) is 0.762. The Balaban J connectivity index is 0.00000182. The van der Waals surface area contributed by atoms with Gasteiger partial charge in [-0.1, -0.05) is 24.3 Å². The second kappa shape index (κ2) is 12.1. The highest BCUT2D eigenvalue weighted by molar-refractivity contribution is 7.99. The maximum Gasteiger partial charge on any atom is 0.233 e. The smallest absolute Gasteiger partial charge is 0.233 e. The number of ether oxygens (including phenoxy) is 1. The molecule has 1 aliphatic rings. The summed E-state index contributed by atoms with van der Waals surface area (Å²) in [5, 5.41) is 3.39. The number of benzene rings is 1. The van der Waals surface area contributed by atoms with E-state index in [0.717, 1.165) is 35.8 Å². The van der Waals surface area contributed by atoms with Gasteiger partial charge in [-0.15, -0.1) is 36.6 Å². The van der Waals surface area contributed by atoms with Crippen molar-refractivity contribution in [2.45, 2.75) is 11.8 Å². The molecule has 1 unspecified atom stereocenters. The van der Waals surface area contributed by atoms with Gasteiger partial charge in [-0.3, -0.25) is 9.78 Å². The van der Waals surface area contributed by atoms with Crippen molar-refractivity contribution in [3.63, 3.8) is 0 Å². The Labute approximate surface area is 177 Å². The first-order chi connectivity index (χ1) is 12.3. The molecule has 1 aromatic carbocycles. The number of nitrogens with zero attached hydrogens (tertiary/aromatic N) is 2. The minimum atomic E-state index is 0. The van der Waals surface area contributed by atoms with Crippen LogP contribution in [0.5, 0.6) is 5.75 Å². The van der Waals surface area contributed by atoms with Gasteiger partial charge in [0.25, 0.3) is 0 Å². The van der Waals surface area contributed by atoms with Gasteiger partial charge in [-0.2, -0.15) is 0 Å². The molecule has 5 nitrogen and oxygen atoms in total. The molecule has 0 saturated carbocycles. The molecule has 0 spiro atoms. The highest BCUT2D eigenvalue weighted by atomic mass is 35.5. The summed E-state index contributed by atoms with van der Waals surface area (Å²) in [5.41, 5.74) is 2.06. The second-order valence-electron chi connectivity index (χ2n) is 5.86. The molecule has 2 heterocycles. The van der Waals surface area contributed by atoms with Crippen molar-refractivity contribution < 1.29 is 9.53 Å². The maximum absolute atomic E-state index is 12.8. The summed E-state index contributed by atoms with van der Waals surface area (Å²) in [6.45, 7) is 2.28. The van der Waals surface area contributed by atoms with Crippen molar-refractivity contribution in [1.29, 1.82) is 0 Å². The number of amides is 1. The van der Waals surface area contributed by atoms with Crippen LogP contribution in [-0.4, -0.2) is 48.3 Å². The van der Waals surface area contributed by atoms with Gasteiger partial charge in [0.1, 0.15) is 5.75 Å². The number of methoxy groups -OCH3 is 1. The molecule has 1 N–H and O–H groups in total. The van der Waals surface area contributed by atoms with E-state index in [0.29, 0.717) is 12.3 Å². The van der Waals surface area contributed by atoms with Gasteiger partial charge in [-0.05, 0) is 18.2 Å². The minimum Gasteiger partial charge on any atom is -0.496 e. The molecule has 1 aliphatic heterocycles. The first kappa shape index (κ1) is 23.6. The number of thioether (sulfide) groups is 1. The largest absolute Gasteiger partial charge is 0.496 e. The lowest BCUT2D eigenvalue weighted by atomic mass is 10.0. The Morgan fingerprint density at radius 1 is 1.26 bits per heavy atom. The Morgan fingerprint density at radius 3 is 2.78 bits per heavy atom. The molecule has 0 bridgehead atoms. The number of rotatable bonds is 6. The maximum atomic E-state index is 12.8.